The number of benzene rings is 1. The van der Waals surface area contributed by atoms with E-state index < -0.39 is 0 Å². The molecular weight excluding hydrogens is 368 g/mol. The molecule has 1 saturated heterocycles. The predicted molar refractivity (Wildman–Crippen MR) is 109 cm³/mol. The first-order valence-corrected chi connectivity index (χ1v) is 10.2. The highest BCUT2D eigenvalue weighted by atomic mass is 16.7. The van der Waals surface area contributed by atoms with Crippen molar-refractivity contribution in [2.45, 2.75) is 33.1 Å². The van der Waals surface area contributed by atoms with E-state index in [1.807, 2.05) is 24.3 Å². The van der Waals surface area contributed by atoms with Gasteiger partial charge in [-0.05, 0) is 49.1 Å². The lowest BCUT2D eigenvalue weighted by atomic mass is 9.89. The molecule has 1 fully saturated rings. The summed E-state index contributed by atoms with van der Waals surface area (Å²) >= 11 is 0. The van der Waals surface area contributed by atoms with Gasteiger partial charge in [0.1, 0.15) is 5.78 Å². The molecule has 3 heterocycles. The van der Waals surface area contributed by atoms with Crippen molar-refractivity contribution in [3.8, 4) is 22.8 Å². The minimum absolute atomic E-state index is 0.0454. The smallest absolute Gasteiger partial charge is 0.255 e. The fraction of sp³-hybridized carbons (Fsp3) is 0.435. The predicted octanol–water partition coefficient (Wildman–Crippen LogP) is 3.94. The van der Waals surface area contributed by atoms with Crippen molar-refractivity contribution in [3.63, 3.8) is 0 Å². The molecule has 4 rings (SSSR count). The van der Waals surface area contributed by atoms with Gasteiger partial charge in [-0.15, -0.1) is 0 Å². The van der Waals surface area contributed by atoms with Crippen LogP contribution in [0.15, 0.2) is 36.5 Å². The molecule has 2 aromatic rings. The first-order chi connectivity index (χ1) is 14.0. The Bertz CT molecular complexity index is 908. The number of rotatable bonds is 5. The van der Waals surface area contributed by atoms with E-state index in [4.69, 9.17) is 9.47 Å². The number of aromatic nitrogens is 1. The molecule has 0 spiro atoms. The van der Waals surface area contributed by atoms with Crippen LogP contribution in [-0.2, 0) is 4.79 Å². The second-order valence-corrected chi connectivity index (χ2v) is 8.15. The first-order valence-electron chi connectivity index (χ1n) is 10.2. The molecule has 6 heteroatoms. The van der Waals surface area contributed by atoms with E-state index in [1.165, 1.54) is 0 Å². The zero-order valence-electron chi connectivity index (χ0n) is 16.9. The molecular formula is C23H26N2O4. The van der Waals surface area contributed by atoms with Crippen LogP contribution < -0.4 is 9.47 Å². The van der Waals surface area contributed by atoms with Gasteiger partial charge in [-0.25, -0.2) is 0 Å². The molecule has 1 amide bonds. The number of amides is 1. The van der Waals surface area contributed by atoms with Crippen molar-refractivity contribution in [3.05, 3.63) is 42.1 Å². The maximum absolute atomic E-state index is 12.9. The highest BCUT2D eigenvalue weighted by molar-refractivity contribution is 5.94. The van der Waals surface area contributed by atoms with Crippen molar-refractivity contribution in [1.29, 1.82) is 0 Å². The fourth-order valence-electron chi connectivity index (χ4n) is 3.92. The summed E-state index contributed by atoms with van der Waals surface area (Å²) in [6, 6.07) is 9.32. The fourth-order valence-corrected chi connectivity index (χ4v) is 3.92. The van der Waals surface area contributed by atoms with Crippen LogP contribution >= 0.6 is 0 Å². The van der Waals surface area contributed by atoms with Gasteiger partial charge in [0.2, 0.25) is 6.79 Å². The quantitative estimate of drug-likeness (QED) is 0.768. The lowest BCUT2D eigenvalue weighted by molar-refractivity contribution is -0.124. The molecule has 0 saturated carbocycles. The van der Waals surface area contributed by atoms with E-state index in [0.29, 0.717) is 36.7 Å². The summed E-state index contributed by atoms with van der Waals surface area (Å²) in [5, 5.41) is 0. The second-order valence-electron chi connectivity index (χ2n) is 8.15. The van der Waals surface area contributed by atoms with Gasteiger partial charge in [-0.1, -0.05) is 13.8 Å². The van der Waals surface area contributed by atoms with Gasteiger partial charge < -0.3 is 14.4 Å². The van der Waals surface area contributed by atoms with E-state index in [-0.39, 0.29) is 24.4 Å². The molecule has 0 aliphatic carbocycles. The van der Waals surface area contributed by atoms with Crippen molar-refractivity contribution >= 4 is 11.7 Å². The first kappa shape index (κ1) is 19.4. The highest BCUT2D eigenvalue weighted by Gasteiger charge is 2.29. The average Bonchev–Trinajstić information content (AvgIpc) is 3.21. The van der Waals surface area contributed by atoms with Gasteiger partial charge in [-0.3, -0.25) is 14.6 Å². The number of carbonyl (C=O) groups excluding carboxylic acids is 2. The summed E-state index contributed by atoms with van der Waals surface area (Å²) in [7, 11) is 0. The number of Topliss-reactive ketones (excluding diaryl/α,β-unsaturated/α-hetero) is 1. The van der Waals surface area contributed by atoms with Crippen molar-refractivity contribution in [2.75, 3.05) is 19.9 Å². The van der Waals surface area contributed by atoms with Crippen LogP contribution in [0.5, 0.6) is 11.5 Å². The molecule has 29 heavy (non-hydrogen) atoms. The number of pyridine rings is 1. The number of nitrogens with zero attached hydrogens (tertiary/aromatic N) is 2. The van der Waals surface area contributed by atoms with E-state index in [0.717, 1.165) is 29.8 Å². The number of carbonyl (C=O) groups is 2. The van der Waals surface area contributed by atoms with Crippen LogP contribution in [0.3, 0.4) is 0 Å². The summed E-state index contributed by atoms with van der Waals surface area (Å²) in [4.78, 5) is 31.6. The Balaban J connectivity index is 1.44. The lowest BCUT2D eigenvalue weighted by Crippen LogP contribution is -2.42. The molecule has 2 aliphatic rings. The Morgan fingerprint density at radius 1 is 1.17 bits per heavy atom. The van der Waals surface area contributed by atoms with Crippen molar-refractivity contribution < 1.29 is 19.1 Å². The molecule has 152 valence electrons. The zero-order valence-corrected chi connectivity index (χ0v) is 16.9. The van der Waals surface area contributed by atoms with E-state index in [2.05, 4.69) is 18.8 Å². The number of ether oxygens (including phenoxy) is 2. The highest BCUT2D eigenvalue weighted by Crippen LogP contribution is 2.35. The third kappa shape index (κ3) is 4.26. The summed E-state index contributed by atoms with van der Waals surface area (Å²) in [5.74, 6) is 1.95. The molecule has 6 nitrogen and oxygen atoms in total. The van der Waals surface area contributed by atoms with E-state index in [1.54, 1.807) is 17.2 Å². The molecule has 2 aliphatic heterocycles. The number of hydrogen-bond acceptors (Lipinski definition) is 5. The van der Waals surface area contributed by atoms with Gasteiger partial charge in [0.15, 0.2) is 11.5 Å². The maximum Gasteiger partial charge on any atom is 0.255 e. The maximum atomic E-state index is 12.9. The van der Waals surface area contributed by atoms with Gasteiger partial charge in [-0.2, -0.15) is 0 Å². The van der Waals surface area contributed by atoms with Crippen LogP contribution in [0.2, 0.25) is 0 Å². The topological polar surface area (TPSA) is 68.7 Å². The third-order valence-electron chi connectivity index (χ3n) is 5.45. The SMILES string of the molecule is CC(C)CC(=O)C1CCCN(C(=O)c2ccc(-c3ccc4c(c3)OCO4)nc2)C1. The standard InChI is InChI=1S/C23H26N2O4/c1-15(2)10-20(26)18-4-3-9-25(13-18)23(27)17-5-7-19(24-12-17)16-6-8-21-22(11-16)29-14-28-21/h5-8,11-12,15,18H,3-4,9-10,13-14H2,1-2H3. The number of likely N-dealkylation sites (tertiary alicyclic amines) is 1. The van der Waals surface area contributed by atoms with Crippen LogP contribution in [0.1, 0.15) is 43.5 Å². The minimum Gasteiger partial charge on any atom is -0.454 e. The zero-order chi connectivity index (χ0) is 20.4. The Morgan fingerprint density at radius 2 is 2.00 bits per heavy atom. The molecule has 1 aromatic heterocycles. The van der Waals surface area contributed by atoms with Crippen LogP contribution in [0.25, 0.3) is 11.3 Å². The Labute approximate surface area is 170 Å². The molecule has 0 bridgehead atoms. The molecule has 1 aromatic carbocycles. The monoisotopic (exact) mass is 394 g/mol. The Morgan fingerprint density at radius 3 is 2.76 bits per heavy atom. The van der Waals surface area contributed by atoms with Crippen LogP contribution in [0, 0.1) is 11.8 Å². The van der Waals surface area contributed by atoms with Crippen molar-refractivity contribution in [2.24, 2.45) is 11.8 Å². The minimum atomic E-state index is -0.0585. The molecule has 0 radical (unpaired) electrons. The summed E-state index contributed by atoms with van der Waals surface area (Å²) < 4.78 is 10.8. The van der Waals surface area contributed by atoms with E-state index >= 15 is 0 Å². The third-order valence-corrected chi connectivity index (χ3v) is 5.45. The summed E-state index contributed by atoms with van der Waals surface area (Å²) in [6.45, 7) is 5.53. The Kier molecular flexibility index (Phi) is 5.51. The molecule has 1 atom stereocenters. The van der Waals surface area contributed by atoms with Crippen LogP contribution in [0.4, 0.5) is 0 Å². The second kappa shape index (κ2) is 8.23. The lowest BCUT2D eigenvalue weighted by Gasteiger charge is -2.32. The van der Waals surface area contributed by atoms with Gasteiger partial charge in [0.25, 0.3) is 5.91 Å². The number of hydrogen-bond donors (Lipinski definition) is 0. The normalized spacial score (nSPS) is 18.2. The molecule has 1 unspecified atom stereocenters. The largest absolute Gasteiger partial charge is 0.454 e. The average molecular weight is 394 g/mol. The van der Waals surface area contributed by atoms with Crippen molar-refractivity contribution in [1.82, 2.24) is 9.88 Å². The summed E-state index contributed by atoms with van der Waals surface area (Å²) in [6.07, 6.45) is 3.93. The summed E-state index contributed by atoms with van der Waals surface area (Å²) in [5.41, 5.74) is 2.22. The Hall–Kier alpha value is -2.89. The number of fused-ring (bicyclic) bond motifs is 1. The van der Waals surface area contributed by atoms with Gasteiger partial charge >= 0.3 is 0 Å². The molecule has 0 N–H and O–H groups in total. The van der Waals surface area contributed by atoms with E-state index in [9.17, 15) is 9.59 Å². The van der Waals surface area contributed by atoms with Gasteiger partial charge in [0.05, 0.1) is 11.3 Å². The van der Waals surface area contributed by atoms with Gasteiger partial charge in [0, 0.05) is 37.2 Å². The van der Waals surface area contributed by atoms with Crippen LogP contribution in [-0.4, -0.2) is 41.5 Å². The number of piperidine rings is 1. The number of ketones is 1.